The number of nitrogens with one attached hydrogen (secondary N) is 1. The van der Waals surface area contributed by atoms with E-state index in [2.05, 4.69) is 37.2 Å². The maximum absolute atomic E-state index is 11.7. The summed E-state index contributed by atoms with van der Waals surface area (Å²) in [5.74, 6) is -0.878. The number of hydrogen-bond acceptors (Lipinski definition) is 8. The van der Waals surface area contributed by atoms with Crippen LogP contribution in [-0.2, 0) is 4.79 Å². The maximum Gasteiger partial charge on any atom is 0.293 e. The average molecular weight is 588 g/mol. The molecule has 0 heterocycles. The number of carbonyl (C=O) groups excluding carboxylic acids is 3. The van der Waals surface area contributed by atoms with Crippen molar-refractivity contribution in [2.75, 3.05) is 11.1 Å². The molecule has 0 saturated carbocycles. The zero-order valence-electron chi connectivity index (χ0n) is 17.7. The summed E-state index contributed by atoms with van der Waals surface area (Å²) in [6.07, 6.45) is 0. The number of rotatable bonds is 7. The summed E-state index contributed by atoms with van der Waals surface area (Å²) < 4.78 is 0. The molecule has 0 radical (unpaired) electrons. The highest BCUT2D eigenvalue weighted by atomic mass is 79.9. The van der Waals surface area contributed by atoms with Crippen molar-refractivity contribution in [2.24, 2.45) is 0 Å². The first-order valence-corrected chi connectivity index (χ1v) is 11.1. The summed E-state index contributed by atoms with van der Waals surface area (Å²) in [5.41, 5.74) is 5.49. The highest BCUT2D eigenvalue weighted by Crippen LogP contribution is 2.27. The molecular weight excluding hydrogens is 568 g/mol. The Morgan fingerprint density at radius 2 is 1.30 bits per heavy atom. The third-order valence-corrected chi connectivity index (χ3v) is 4.86. The number of nitro groups is 2. The summed E-state index contributed by atoms with van der Waals surface area (Å²) in [7, 11) is 0. The molecular formula is C20H20Br2N4O7. The molecule has 2 atom stereocenters. The average Bonchev–Trinajstić information content (AvgIpc) is 2.72. The van der Waals surface area contributed by atoms with Crippen molar-refractivity contribution >= 4 is 72.1 Å². The largest absolute Gasteiger partial charge is 0.393 e. The molecule has 0 bridgehead atoms. The maximum atomic E-state index is 11.7. The number of amides is 1. The molecule has 0 aliphatic rings. The van der Waals surface area contributed by atoms with Crippen LogP contribution >= 0.6 is 31.9 Å². The number of anilines is 2. The van der Waals surface area contributed by atoms with Crippen LogP contribution < -0.4 is 11.1 Å². The lowest BCUT2D eigenvalue weighted by atomic mass is 10.1. The van der Waals surface area contributed by atoms with Crippen LogP contribution in [0.3, 0.4) is 0 Å². The highest BCUT2D eigenvalue weighted by Gasteiger charge is 2.20. The van der Waals surface area contributed by atoms with Crippen molar-refractivity contribution in [1.29, 1.82) is 0 Å². The van der Waals surface area contributed by atoms with Gasteiger partial charge in [0, 0.05) is 30.2 Å². The Labute approximate surface area is 205 Å². The quantitative estimate of drug-likeness (QED) is 0.154. The fourth-order valence-electron chi connectivity index (χ4n) is 2.45. The first-order valence-electron chi connectivity index (χ1n) is 9.22. The number of ketones is 2. The molecule has 0 spiro atoms. The summed E-state index contributed by atoms with van der Waals surface area (Å²) in [4.78, 5) is 53.5. The SMILES string of the molecule is CC(=O)Nc1ccc(C(=O)C(C)Br)cc1[N+](=O)[O-].CC(Br)C(=O)c1ccc(N)c([N+](=O)[O-])c1. The predicted molar refractivity (Wildman–Crippen MR) is 130 cm³/mol. The first-order chi connectivity index (χ1) is 15.3. The van der Waals surface area contributed by atoms with Gasteiger partial charge in [-0.2, -0.15) is 0 Å². The Kier molecular flexibility index (Phi) is 10.3. The zero-order chi connectivity index (χ0) is 25.5. The molecule has 2 unspecified atom stereocenters. The van der Waals surface area contributed by atoms with Crippen LogP contribution in [-0.4, -0.2) is 37.0 Å². The van der Waals surface area contributed by atoms with E-state index < -0.39 is 20.6 Å². The van der Waals surface area contributed by atoms with Crippen molar-refractivity contribution in [3.8, 4) is 0 Å². The lowest BCUT2D eigenvalue weighted by Gasteiger charge is -2.06. The van der Waals surface area contributed by atoms with E-state index in [-0.39, 0.29) is 50.3 Å². The highest BCUT2D eigenvalue weighted by molar-refractivity contribution is 9.10. The molecule has 2 rings (SSSR count). The lowest BCUT2D eigenvalue weighted by molar-refractivity contribution is -0.384. The molecule has 0 fully saturated rings. The van der Waals surface area contributed by atoms with E-state index in [0.29, 0.717) is 0 Å². The minimum atomic E-state index is -0.638. The van der Waals surface area contributed by atoms with Crippen LogP contribution in [0.5, 0.6) is 0 Å². The van der Waals surface area contributed by atoms with Crippen LogP contribution in [0, 0.1) is 20.2 Å². The lowest BCUT2D eigenvalue weighted by Crippen LogP contribution is -2.12. The van der Waals surface area contributed by atoms with Gasteiger partial charge in [0.15, 0.2) is 11.6 Å². The van der Waals surface area contributed by atoms with Gasteiger partial charge >= 0.3 is 0 Å². The molecule has 176 valence electrons. The van der Waals surface area contributed by atoms with Crippen molar-refractivity contribution in [1.82, 2.24) is 0 Å². The van der Waals surface area contributed by atoms with Gasteiger partial charge in [0.1, 0.15) is 11.4 Å². The topological polar surface area (TPSA) is 176 Å². The number of nitro benzene ring substituents is 2. The minimum absolute atomic E-state index is 0.0544. The molecule has 11 nitrogen and oxygen atoms in total. The van der Waals surface area contributed by atoms with Gasteiger partial charge in [0.25, 0.3) is 11.4 Å². The van der Waals surface area contributed by atoms with Gasteiger partial charge in [-0.05, 0) is 38.1 Å². The van der Waals surface area contributed by atoms with Crippen LogP contribution in [0.1, 0.15) is 41.5 Å². The number of halogens is 2. The summed E-state index contributed by atoms with van der Waals surface area (Å²) in [6, 6.07) is 7.98. The van der Waals surface area contributed by atoms with Crippen molar-refractivity contribution in [3.05, 3.63) is 67.8 Å². The fourth-order valence-corrected chi connectivity index (χ4v) is 2.97. The molecule has 0 aliphatic carbocycles. The Morgan fingerprint density at radius 3 is 1.70 bits per heavy atom. The normalized spacial score (nSPS) is 11.9. The van der Waals surface area contributed by atoms with E-state index in [0.717, 1.165) is 6.07 Å². The van der Waals surface area contributed by atoms with Gasteiger partial charge in [0.05, 0.1) is 19.5 Å². The Morgan fingerprint density at radius 1 is 0.879 bits per heavy atom. The smallest absolute Gasteiger partial charge is 0.293 e. The number of nitrogen functional groups attached to an aromatic ring is 1. The summed E-state index contributed by atoms with van der Waals surface area (Å²) in [5, 5.41) is 23.8. The number of Topliss-reactive ketones (excluding diaryl/α,β-unsaturated/α-hetero) is 2. The van der Waals surface area contributed by atoms with Gasteiger partial charge in [-0.3, -0.25) is 34.6 Å². The molecule has 0 aliphatic heterocycles. The molecule has 3 N–H and O–H groups in total. The van der Waals surface area contributed by atoms with Crippen molar-refractivity contribution in [2.45, 2.75) is 30.4 Å². The third-order valence-electron chi connectivity index (χ3n) is 4.02. The van der Waals surface area contributed by atoms with Crippen LogP contribution in [0.4, 0.5) is 22.7 Å². The van der Waals surface area contributed by atoms with Gasteiger partial charge in [-0.15, -0.1) is 0 Å². The Balaban J connectivity index is 0.000000335. The molecule has 2 aromatic rings. The van der Waals surface area contributed by atoms with Crippen LogP contribution in [0.25, 0.3) is 0 Å². The molecule has 1 amide bonds. The Bertz CT molecular complexity index is 1100. The van der Waals surface area contributed by atoms with E-state index in [1.165, 1.54) is 37.3 Å². The number of carbonyl (C=O) groups is 3. The van der Waals surface area contributed by atoms with E-state index >= 15 is 0 Å². The number of nitrogens with two attached hydrogens (primary N) is 1. The Hall–Kier alpha value is -3.19. The van der Waals surface area contributed by atoms with Gasteiger partial charge < -0.3 is 11.1 Å². The van der Waals surface area contributed by atoms with E-state index in [1.54, 1.807) is 13.8 Å². The van der Waals surface area contributed by atoms with E-state index in [1.807, 2.05) is 0 Å². The number of benzene rings is 2. The third kappa shape index (κ3) is 8.02. The molecule has 0 aromatic heterocycles. The molecule has 13 heteroatoms. The predicted octanol–water partition coefficient (Wildman–Crippen LogP) is 4.66. The van der Waals surface area contributed by atoms with Crippen molar-refractivity contribution < 1.29 is 24.2 Å². The monoisotopic (exact) mass is 586 g/mol. The summed E-state index contributed by atoms with van der Waals surface area (Å²) in [6.45, 7) is 4.55. The standard InChI is InChI=1S/C11H11BrN2O4.C9H9BrN2O3/c1-6(12)11(16)8-3-4-9(13-7(2)15)10(5-8)14(17)18;1-5(10)9(13)6-2-3-7(11)8(4-6)12(14)15/h3-6H,1-2H3,(H,13,15);2-5H,11H2,1H3. The molecule has 33 heavy (non-hydrogen) atoms. The molecule has 0 saturated heterocycles. The fraction of sp³-hybridized carbons (Fsp3) is 0.250. The van der Waals surface area contributed by atoms with E-state index in [9.17, 15) is 34.6 Å². The second-order valence-corrected chi connectivity index (χ2v) is 9.41. The minimum Gasteiger partial charge on any atom is -0.393 e. The number of alkyl halides is 2. The zero-order valence-corrected chi connectivity index (χ0v) is 20.9. The van der Waals surface area contributed by atoms with Crippen LogP contribution in [0.2, 0.25) is 0 Å². The van der Waals surface area contributed by atoms with Gasteiger partial charge in [-0.1, -0.05) is 31.9 Å². The van der Waals surface area contributed by atoms with E-state index in [4.69, 9.17) is 5.73 Å². The van der Waals surface area contributed by atoms with Crippen LogP contribution in [0.15, 0.2) is 36.4 Å². The number of hydrogen-bond donors (Lipinski definition) is 2. The van der Waals surface area contributed by atoms with Crippen molar-refractivity contribution in [3.63, 3.8) is 0 Å². The second kappa shape index (κ2) is 12.2. The first kappa shape index (κ1) is 27.8. The van der Waals surface area contributed by atoms with Gasteiger partial charge in [-0.25, -0.2) is 0 Å². The molecule has 2 aromatic carbocycles. The number of nitrogens with zero attached hydrogens (tertiary/aromatic N) is 2. The second-order valence-electron chi connectivity index (χ2n) is 6.66. The van der Waals surface area contributed by atoms with Gasteiger partial charge in [0.2, 0.25) is 5.91 Å². The summed E-state index contributed by atoms with van der Waals surface area (Å²) >= 11 is 6.21.